The third-order valence-corrected chi connectivity index (χ3v) is 7.01. The van der Waals surface area contributed by atoms with Crippen molar-refractivity contribution >= 4 is 34.2 Å². The average Bonchev–Trinajstić information content (AvgIpc) is 2.85. The van der Waals surface area contributed by atoms with E-state index in [1.807, 2.05) is 0 Å². The third-order valence-electron chi connectivity index (χ3n) is 6.68. The van der Waals surface area contributed by atoms with Gasteiger partial charge in [0, 0.05) is 37.2 Å². The molecule has 10 heteroatoms. The molecule has 2 aliphatic rings. The maximum atomic E-state index is 14.6. The van der Waals surface area contributed by atoms with Crippen LogP contribution < -0.4 is 25.7 Å². The lowest BCUT2D eigenvalue weighted by Gasteiger charge is -2.29. The lowest BCUT2D eigenvalue weighted by atomic mass is 9.86. The van der Waals surface area contributed by atoms with Crippen LogP contribution in [0.3, 0.4) is 0 Å². The Morgan fingerprint density at radius 3 is 2.80 bits per heavy atom. The van der Waals surface area contributed by atoms with Gasteiger partial charge in [-0.05, 0) is 49.8 Å². The normalized spacial score (nSPS) is 19.7. The van der Waals surface area contributed by atoms with Crippen LogP contribution in [0, 0.1) is 11.7 Å². The Morgan fingerprint density at radius 2 is 2.00 bits per heavy atom. The number of fused-ring (bicyclic) bond motifs is 2. The number of pyridine rings is 2. The summed E-state index contributed by atoms with van der Waals surface area (Å²) in [5.41, 5.74) is 0.922. The van der Waals surface area contributed by atoms with Gasteiger partial charge in [0.2, 0.25) is 0 Å². The van der Waals surface area contributed by atoms with Crippen LogP contribution in [-0.4, -0.2) is 34.7 Å². The zero-order chi connectivity index (χ0) is 24.5. The van der Waals surface area contributed by atoms with Crippen LogP contribution in [0.2, 0.25) is 5.02 Å². The summed E-state index contributed by atoms with van der Waals surface area (Å²) in [5, 5.41) is 7.45. The molecule has 0 spiro atoms. The van der Waals surface area contributed by atoms with Gasteiger partial charge in [-0.2, -0.15) is 0 Å². The summed E-state index contributed by atoms with van der Waals surface area (Å²) in [6.45, 7) is 0.827. The van der Waals surface area contributed by atoms with Crippen molar-refractivity contribution in [3.8, 4) is 11.5 Å². The second-order valence-corrected chi connectivity index (χ2v) is 9.46. The first-order chi connectivity index (χ1) is 16.9. The van der Waals surface area contributed by atoms with E-state index in [4.69, 9.17) is 21.1 Å². The second-order valence-electron chi connectivity index (χ2n) is 9.05. The molecule has 1 aromatic carbocycles. The minimum atomic E-state index is -0.468. The highest BCUT2D eigenvalue weighted by Gasteiger charge is 2.24. The molecule has 1 fully saturated rings. The van der Waals surface area contributed by atoms with Crippen molar-refractivity contribution in [2.24, 2.45) is 13.0 Å². The van der Waals surface area contributed by atoms with Gasteiger partial charge in [-0.25, -0.2) is 9.37 Å². The summed E-state index contributed by atoms with van der Waals surface area (Å²) in [4.78, 5) is 28.0. The number of hydrogen-bond acceptors (Lipinski definition) is 6. The number of carbonyl (C=O) groups is 1. The van der Waals surface area contributed by atoms with Gasteiger partial charge >= 0.3 is 0 Å². The fourth-order valence-corrected chi connectivity index (χ4v) is 4.89. The minimum Gasteiger partial charge on any atom is -0.488 e. The van der Waals surface area contributed by atoms with Crippen molar-refractivity contribution in [3.63, 3.8) is 0 Å². The molecule has 1 aliphatic heterocycles. The van der Waals surface area contributed by atoms with E-state index in [9.17, 15) is 14.0 Å². The van der Waals surface area contributed by atoms with Gasteiger partial charge in [0.15, 0.2) is 29.7 Å². The van der Waals surface area contributed by atoms with Crippen molar-refractivity contribution in [3.05, 3.63) is 57.2 Å². The number of hydrogen-bond donors (Lipinski definition) is 2. The molecule has 0 unspecified atom stereocenters. The number of carbonyl (C=O) groups excluding carboxylic acids is 1. The van der Waals surface area contributed by atoms with Gasteiger partial charge < -0.3 is 24.7 Å². The maximum Gasteiger partial charge on any atom is 0.263 e. The number of aromatic nitrogens is 2. The molecule has 0 bridgehead atoms. The Bertz CT molecular complexity index is 1340. The summed E-state index contributed by atoms with van der Waals surface area (Å²) in [6, 6.07) is 8.15. The number of benzene rings is 1. The van der Waals surface area contributed by atoms with Crippen LogP contribution in [0.5, 0.6) is 11.5 Å². The second kappa shape index (κ2) is 9.83. The van der Waals surface area contributed by atoms with Crippen molar-refractivity contribution in [1.29, 1.82) is 0 Å². The van der Waals surface area contributed by atoms with E-state index in [2.05, 4.69) is 15.6 Å². The van der Waals surface area contributed by atoms with Crippen molar-refractivity contribution < 1.29 is 18.7 Å². The van der Waals surface area contributed by atoms with Crippen molar-refractivity contribution in [2.75, 3.05) is 18.5 Å². The molecule has 0 radical (unpaired) electrons. The average molecular weight is 501 g/mol. The lowest BCUT2D eigenvalue weighted by molar-refractivity contribution is -0.118. The number of halogens is 2. The Labute approximate surface area is 206 Å². The van der Waals surface area contributed by atoms with Crippen molar-refractivity contribution in [2.45, 2.75) is 38.3 Å². The monoisotopic (exact) mass is 500 g/mol. The van der Waals surface area contributed by atoms with E-state index < -0.39 is 5.82 Å². The lowest BCUT2D eigenvalue weighted by Crippen LogP contribution is -2.34. The molecule has 2 aromatic heterocycles. The van der Waals surface area contributed by atoms with Gasteiger partial charge in [-0.3, -0.25) is 9.59 Å². The number of anilines is 1. The van der Waals surface area contributed by atoms with E-state index in [1.54, 1.807) is 25.2 Å². The first kappa shape index (κ1) is 23.6. The molecule has 3 heterocycles. The number of aryl methyl sites for hydroxylation is 1. The highest BCUT2D eigenvalue weighted by atomic mass is 35.5. The molecule has 0 saturated heterocycles. The molecule has 1 amide bonds. The van der Waals surface area contributed by atoms with Gasteiger partial charge in [-0.1, -0.05) is 11.6 Å². The maximum absolute atomic E-state index is 14.6. The number of nitrogens with one attached hydrogen (secondary N) is 2. The number of ether oxygens (including phenoxy) is 2. The Balaban J connectivity index is 1.16. The molecular formula is C25H26ClFN4O4. The van der Waals surface area contributed by atoms with E-state index in [0.717, 1.165) is 31.1 Å². The summed E-state index contributed by atoms with van der Waals surface area (Å²) in [5.74, 6) is 0.582. The molecular weight excluding hydrogens is 475 g/mol. The highest BCUT2D eigenvalue weighted by molar-refractivity contribution is 6.31. The standard InChI is InChI=1S/C25H26ClFN4O4/c1-31-22(33)9-5-15-4-8-18(27)24(23(15)31)35-12-14-2-6-16(7-3-14)28-11-19-17(26)10-20-25(29-19)30-21(32)13-34-20/h4-5,8-10,14,16,28H,2-3,6-7,11-13H2,1H3,(H,29,30,32)/t14-,16-. The molecule has 3 aromatic rings. The predicted octanol–water partition coefficient (Wildman–Crippen LogP) is 3.78. The van der Waals surface area contributed by atoms with Gasteiger partial charge in [-0.15, -0.1) is 0 Å². The van der Waals surface area contributed by atoms with Crippen LogP contribution in [-0.2, 0) is 18.4 Å². The quantitative estimate of drug-likeness (QED) is 0.535. The summed E-state index contributed by atoms with van der Waals surface area (Å²) in [7, 11) is 1.62. The topological polar surface area (TPSA) is 94.5 Å². The fraction of sp³-hybridized carbons (Fsp3) is 0.400. The van der Waals surface area contributed by atoms with E-state index in [1.165, 1.54) is 16.7 Å². The SMILES string of the molecule is Cn1c(=O)ccc2ccc(F)c(OC[C@H]3CC[C@H](NCc4nc5c(cc4Cl)OCC(=O)N5)CC3)c21. The van der Waals surface area contributed by atoms with Crippen LogP contribution in [0.4, 0.5) is 10.2 Å². The molecule has 0 atom stereocenters. The summed E-state index contributed by atoms with van der Waals surface area (Å²) >= 11 is 6.35. The Kier molecular flexibility index (Phi) is 6.62. The van der Waals surface area contributed by atoms with E-state index >= 15 is 0 Å². The van der Waals surface area contributed by atoms with Crippen LogP contribution in [0.1, 0.15) is 31.4 Å². The molecule has 8 nitrogen and oxygen atoms in total. The number of rotatable bonds is 6. The number of nitrogens with zero attached hydrogens (tertiary/aromatic N) is 2. The smallest absolute Gasteiger partial charge is 0.263 e. The zero-order valence-corrected chi connectivity index (χ0v) is 20.0. The zero-order valence-electron chi connectivity index (χ0n) is 19.3. The van der Waals surface area contributed by atoms with Crippen LogP contribution in [0.15, 0.2) is 35.1 Å². The Hall–Kier alpha value is -3.17. The van der Waals surface area contributed by atoms with Crippen LogP contribution >= 0.6 is 11.6 Å². The third kappa shape index (κ3) is 4.97. The molecule has 1 aliphatic carbocycles. The molecule has 2 N–H and O–H groups in total. The fourth-order valence-electron chi connectivity index (χ4n) is 4.68. The first-order valence-corrected chi connectivity index (χ1v) is 12.0. The first-order valence-electron chi connectivity index (χ1n) is 11.7. The Morgan fingerprint density at radius 1 is 1.23 bits per heavy atom. The highest BCUT2D eigenvalue weighted by Crippen LogP contribution is 2.32. The predicted molar refractivity (Wildman–Crippen MR) is 131 cm³/mol. The molecule has 184 valence electrons. The molecule has 1 saturated carbocycles. The van der Waals surface area contributed by atoms with Gasteiger partial charge in [0.05, 0.1) is 22.8 Å². The number of amides is 1. The summed E-state index contributed by atoms with van der Waals surface area (Å²) in [6.07, 6.45) is 3.73. The van der Waals surface area contributed by atoms with Gasteiger partial charge in [0.25, 0.3) is 11.5 Å². The van der Waals surface area contributed by atoms with E-state index in [-0.39, 0.29) is 23.8 Å². The van der Waals surface area contributed by atoms with Crippen molar-refractivity contribution in [1.82, 2.24) is 14.9 Å². The largest absolute Gasteiger partial charge is 0.488 e. The minimum absolute atomic E-state index is 0.0409. The van der Waals surface area contributed by atoms with E-state index in [0.29, 0.717) is 52.9 Å². The van der Waals surface area contributed by atoms with Crippen LogP contribution in [0.25, 0.3) is 10.9 Å². The van der Waals surface area contributed by atoms with Gasteiger partial charge in [0.1, 0.15) is 0 Å². The molecule has 5 rings (SSSR count). The summed E-state index contributed by atoms with van der Waals surface area (Å²) < 4.78 is 27.3. The molecule has 35 heavy (non-hydrogen) atoms.